The van der Waals surface area contributed by atoms with Gasteiger partial charge in [-0.3, -0.25) is 0 Å². The lowest BCUT2D eigenvalue weighted by atomic mass is 9.71. The second kappa shape index (κ2) is 7.12. The molecule has 3 nitrogen and oxygen atoms in total. The van der Waals surface area contributed by atoms with Crippen LogP contribution in [0.4, 0.5) is 5.69 Å². The zero-order valence-corrected chi connectivity index (χ0v) is 14.7. The van der Waals surface area contributed by atoms with Crippen molar-refractivity contribution in [3.63, 3.8) is 0 Å². The summed E-state index contributed by atoms with van der Waals surface area (Å²) in [4.78, 5) is 2.57. The van der Waals surface area contributed by atoms with E-state index >= 15 is 0 Å². The minimum atomic E-state index is 0.366. The molecule has 0 bridgehead atoms. The zero-order valence-electron chi connectivity index (χ0n) is 14.7. The van der Waals surface area contributed by atoms with Gasteiger partial charge in [0.2, 0.25) is 0 Å². The summed E-state index contributed by atoms with van der Waals surface area (Å²) in [6.45, 7) is 10.1. The van der Waals surface area contributed by atoms with Crippen molar-refractivity contribution in [2.24, 2.45) is 23.7 Å². The quantitative estimate of drug-likeness (QED) is 0.898. The second-order valence-electron chi connectivity index (χ2n) is 7.52. The Morgan fingerprint density at radius 1 is 1.30 bits per heavy atom. The van der Waals surface area contributed by atoms with Crippen molar-refractivity contribution in [3.05, 3.63) is 24.3 Å². The highest BCUT2D eigenvalue weighted by Gasteiger charge is 2.41. The standard InChI is InChI=1S/C20H31NO2/c1-4-19(16-9-11-23-13-16)20-15(3)14(2)8-10-21(20)17-6-5-7-18(22)12-17/h5-7,12,14-16,19-20,22H,4,8-11,13H2,1-3H3. The van der Waals surface area contributed by atoms with Gasteiger partial charge in [0.25, 0.3) is 0 Å². The number of phenols is 1. The van der Waals surface area contributed by atoms with Crippen LogP contribution in [-0.4, -0.2) is 30.9 Å². The van der Waals surface area contributed by atoms with Crippen molar-refractivity contribution in [1.82, 2.24) is 0 Å². The number of anilines is 1. The summed E-state index contributed by atoms with van der Waals surface area (Å²) >= 11 is 0. The number of hydrogen-bond acceptors (Lipinski definition) is 3. The molecule has 3 heteroatoms. The van der Waals surface area contributed by atoms with Crippen molar-refractivity contribution >= 4 is 5.69 Å². The van der Waals surface area contributed by atoms with Crippen molar-refractivity contribution in [1.29, 1.82) is 0 Å². The third-order valence-electron chi connectivity index (χ3n) is 6.26. The van der Waals surface area contributed by atoms with Gasteiger partial charge >= 0.3 is 0 Å². The van der Waals surface area contributed by atoms with Crippen LogP contribution in [0.5, 0.6) is 5.75 Å². The smallest absolute Gasteiger partial charge is 0.117 e. The summed E-state index contributed by atoms with van der Waals surface area (Å²) in [5, 5.41) is 9.91. The largest absolute Gasteiger partial charge is 0.508 e. The van der Waals surface area contributed by atoms with Gasteiger partial charge in [-0.05, 0) is 48.6 Å². The lowest BCUT2D eigenvalue weighted by molar-refractivity contribution is 0.127. The minimum absolute atomic E-state index is 0.366. The molecule has 1 aromatic carbocycles. The number of phenolic OH excluding ortho intramolecular Hbond substituents is 1. The average molecular weight is 317 g/mol. The van der Waals surface area contributed by atoms with Crippen LogP contribution in [0.2, 0.25) is 0 Å². The molecular formula is C20H31NO2. The fraction of sp³-hybridized carbons (Fsp3) is 0.700. The van der Waals surface area contributed by atoms with E-state index in [4.69, 9.17) is 4.74 Å². The molecule has 1 aromatic rings. The summed E-state index contributed by atoms with van der Waals surface area (Å²) < 4.78 is 5.69. The molecule has 0 spiro atoms. The van der Waals surface area contributed by atoms with Crippen LogP contribution >= 0.6 is 0 Å². The van der Waals surface area contributed by atoms with Crippen LogP contribution in [0.15, 0.2) is 24.3 Å². The van der Waals surface area contributed by atoms with E-state index in [1.165, 1.54) is 24.9 Å². The van der Waals surface area contributed by atoms with E-state index in [1.54, 1.807) is 6.07 Å². The van der Waals surface area contributed by atoms with E-state index in [2.05, 4.69) is 31.7 Å². The molecule has 0 saturated carbocycles. The molecule has 0 amide bonds. The molecule has 2 saturated heterocycles. The Balaban J connectivity index is 1.92. The molecule has 2 aliphatic heterocycles. The van der Waals surface area contributed by atoms with Crippen LogP contribution in [0, 0.1) is 23.7 Å². The molecule has 1 N–H and O–H groups in total. The monoisotopic (exact) mass is 317 g/mol. The third kappa shape index (κ3) is 3.35. The fourth-order valence-corrected chi connectivity index (χ4v) is 4.71. The topological polar surface area (TPSA) is 32.7 Å². The Kier molecular flexibility index (Phi) is 5.15. The third-order valence-corrected chi connectivity index (χ3v) is 6.26. The number of ether oxygens (including phenoxy) is 1. The van der Waals surface area contributed by atoms with Gasteiger partial charge < -0.3 is 14.7 Å². The molecule has 2 fully saturated rings. The minimum Gasteiger partial charge on any atom is -0.508 e. The summed E-state index contributed by atoms with van der Waals surface area (Å²) in [6, 6.07) is 8.33. The number of benzene rings is 1. The number of rotatable bonds is 4. The SMILES string of the molecule is CCC(C1CCOC1)C1C(C)C(C)CCN1c1cccc(O)c1. The van der Waals surface area contributed by atoms with E-state index in [0.717, 1.165) is 25.7 Å². The van der Waals surface area contributed by atoms with Crippen LogP contribution in [0.25, 0.3) is 0 Å². The number of aromatic hydroxyl groups is 1. The van der Waals surface area contributed by atoms with Gasteiger partial charge in [0.15, 0.2) is 0 Å². The summed E-state index contributed by atoms with van der Waals surface area (Å²) in [5.74, 6) is 3.13. The highest BCUT2D eigenvalue weighted by Crippen LogP contribution is 2.41. The van der Waals surface area contributed by atoms with Gasteiger partial charge in [0.1, 0.15) is 5.75 Å². The lowest BCUT2D eigenvalue weighted by Gasteiger charge is -2.49. The highest BCUT2D eigenvalue weighted by molar-refractivity contribution is 5.52. The van der Waals surface area contributed by atoms with E-state index < -0.39 is 0 Å². The number of piperidine rings is 1. The normalized spacial score (nSPS) is 32.9. The number of nitrogens with zero attached hydrogens (tertiary/aromatic N) is 1. The molecule has 0 aliphatic carbocycles. The Morgan fingerprint density at radius 2 is 2.13 bits per heavy atom. The molecule has 3 rings (SSSR count). The van der Waals surface area contributed by atoms with Crippen LogP contribution in [-0.2, 0) is 4.74 Å². The Hall–Kier alpha value is -1.22. The van der Waals surface area contributed by atoms with Crippen LogP contribution in [0.3, 0.4) is 0 Å². The number of hydrogen-bond donors (Lipinski definition) is 1. The lowest BCUT2D eigenvalue weighted by Crippen LogP contribution is -2.53. The van der Waals surface area contributed by atoms with Crippen LogP contribution < -0.4 is 4.90 Å². The predicted molar refractivity (Wildman–Crippen MR) is 94.9 cm³/mol. The van der Waals surface area contributed by atoms with Gasteiger partial charge in [-0.1, -0.05) is 33.3 Å². The molecular weight excluding hydrogens is 286 g/mol. The van der Waals surface area contributed by atoms with Gasteiger partial charge in [0, 0.05) is 37.6 Å². The van der Waals surface area contributed by atoms with Gasteiger partial charge in [-0.25, -0.2) is 0 Å². The van der Waals surface area contributed by atoms with Gasteiger partial charge in [-0.2, -0.15) is 0 Å². The zero-order chi connectivity index (χ0) is 16.4. The van der Waals surface area contributed by atoms with Crippen molar-refractivity contribution < 1.29 is 9.84 Å². The Morgan fingerprint density at radius 3 is 2.78 bits per heavy atom. The molecule has 5 unspecified atom stereocenters. The van der Waals surface area contributed by atoms with E-state index in [0.29, 0.717) is 29.5 Å². The van der Waals surface area contributed by atoms with E-state index in [9.17, 15) is 5.11 Å². The van der Waals surface area contributed by atoms with E-state index in [1.807, 2.05) is 12.1 Å². The summed E-state index contributed by atoms with van der Waals surface area (Å²) in [7, 11) is 0. The maximum absolute atomic E-state index is 9.91. The predicted octanol–water partition coefficient (Wildman–Crippen LogP) is 4.31. The van der Waals surface area contributed by atoms with Crippen molar-refractivity contribution in [2.75, 3.05) is 24.7 Å². The molecule has 0 aromatic heterocycles. The molecule has 2 heterocycles. The molecule has 23 heavy (non-hydrogen) atoms. The fourth-order valence-electron chi connectivity index (χ4n) is 4.71. The first kappa shape index (κ1) is 16.6. The molecule has 2 aliphatic rings. The Bertz CT molecular complexity index is 512. The van der Waals surface area contributed by atoms with Crippen LogP contribution in [0.1, 0.15) is 40.0 Å². The summed E-state index contributed by atoms with van der Waals surface area (Å²) in [5.41, 5.74) is 1.17. The van der Waals surface area contributed by atoms with Gasteiger partial charge in [0.05, 0.1) is 0 Å². The van der Waals surface area contributed by atoms with Crippen molar-refractivity contribution in [3.8, 4) is 5.75 Å². The second-order valence-corrected chi connectivity index (χ2v) is 7.52. The average Bonchev–Trinajstić information content (AvgIpc) is 3.06. The maximum atomic E-state index is 9.91. The first-order valence-electron chi connectivity index (χ1n) is 9.25. The van der Waals surface area contributed by atoms with E-state index in [-0.39, 0.29) is 0 Å². The maximum Gasteiger partial charge on any atom is 0.117 e. The molecule has 128 valence electrons. The van der Waals surface area contributed by atoms with Crippen molar-refractivity contribution in [2.45, 2.75) is 46.1 Å². The highest BCUT2D eigenvalue weighted by atomic mass is 16.5. The van der Waals surface area contributed by atoms with Gasteiger partial charge in [-0.15, -0.1) is 0 Å². The molecule has 0 radical (unpaired) electrons. The Labute approximate surface area is 140 Å². The molecule has 5 atom stereocenters. The first-order chi connectivity index (χ1) is 11.1. The first-order valence-corrected chi connectivity index (χ1v) is 9.25. The summed E-state index contributed by atoms with van der Waals surface area (Å²) in [6.07, 6.45) is 3.62.